The second kappa shape index (κ2) is 6.00. The molecule has 6 heteroatoms. The monoisotopic (exact) mass is 341 g/mol. The van der Waals surface area contributed by atoms with Crippen molar-refractivity contribution in [1.29, 1.82) is 0 Å². The minimum Gasteiger partial charge on any atom is -0.478 e. The second-order valence-electron chi connectivity index (χ2n) is 4.09. The van der Waals surface area contributed by atoms with E-state index in [-0.39, 0.29) is 17.7 Å². The first-order chi connectivity index (χ1) is 9.47. The first kappa shape index (κ1) is 14.5. The molecule has 0 aliphatic carbocycles. The number of carbonyl (C=O) groups is 1. The van der Waals surface area contributed by atoms with Crippen molar-refractivity contribution in [3.05, 3.63) is 63.6 Å². The summed E-state index contributed by atoms with van der Waals surface area (Å²) in [6, 6.07) is 7.89. The molecule has 0 aliphatic heterocycles. The van der Waals surface area contributed by atoms with Gasteiger partial charge in [0, 0.05) is 17.8 Å². The Morgan fingerprint density at radius 3 is 2.50 bits per heavy atom. The van der Waals surface area contributed by atoms with E-state index in [1.807, 2.05) is 0 Å². The molecule has 0 heterocycles. The Kier molecular flexibility index (Phi) is 4.34. The Balaban J connectivity index is 2.15. The summed E-state index contributed by atoms with van der Waals surface area (Å²) in [5, 5.41) is 11.8. The van der Waals surface area contributed by atoms with Crippen molar-refractivity contribution < 1.29 is 18.7 Å². The van der Waals surface area contributed by atoms with Crippen LogP contribution in [-0.2, 0) is 6.54 Å². The van der Waals surface area contributed by atoms with Crippen LogP contribution in [0.5, 0.6) is 0 Å². The van der Waals surface area contributed by atoms with E-state index in [0.717, 1.165) is 6.07 Å². The van der Waals surface area contributed by atoms with Crippen LogP contribution in [0.4, 0.5) is 14.5 Å². The number of anilines is 1. The Morgan fingerprint density at radius 1 is 1.15 bits per heavy atom. The third-order valence-corrected chi connectivity index (χ3v) is 3.30. The topological polar surface area (TPSA) is 49.3 Å². The maximum Gasteiger partial charge on any atom is 0.335 e. The maximum atomic E-state index is 13.6. The molecule has 0 atom stereocenters. The fourth-order valence-electron chi connectivity index (χ4n) is 1.65. The van der Waals surface area contributed by atoms with Crippen molar-refractivity contribution in [2.24, 2.45) is 0 Å². The van der Waals surface area contributed by atoms with Gasteiger partial charge in [-0.05, 0) is 52.3 Å². The van der Waals surface area contributed by atoms with Gasteiger partial charge in [0.2, 0.25) is 0 Å². The van der Waals surface area contributed by atoms with Gasteiger partial charge in [0.25, 0.3) is 0 Å². The molecular weight excluding hydrogens is 332 g/mol. The number of nitrogens with one attached hydrogen (secondary N) is 1. The highest BCUT2D eigenvalue weighted by Crippen LogP contribution is 2.21. The second-order valence-corrected chi connectivity index (χ2v) is 4.95. The van der Waals surface area contributed by atoms with E-state index in [4.69, 9.17) is 5.11 Å². The van der Waals surface area contributed by atoms with E-state index in [2.05, 4.69) is 21.2 Å². The molecule has 0 bridgehead atoms. The zero-order valence-corrected chi connectivity index (χ0v) is 11.7. The van der Waals surface area contributed by atoms with Crippen LogP contribution >= 0.6 is 15.9 Å². The minimum atomic E-state index is -1.12. The Hall–Kier alpha value is -1.95. The van der Waals surface area contributed by atoms with Gasteiger partial charge in [-0.15, -0.1) is 0 Å². The summed E-state index contributed by atoms with van der Waals surface area (Å²) in [4.78, 5) is 10.8. The van der Waals surface area contributed by atoms with Crippen LogP contribution in [0.15, 0.2) is 40.9 Å². The van der Waals surface area contributed by atoms with E-state index in [1.165, 1.54) is 30.3 Å². The van der Waals surface area contributed by atoms with Gasteiger partial charge in [0.15, 0.2) is 0 Å². The van der Waals surface area contributed by atoms with Crippen molar-refractivity contribution in [2.75, 3.05) is 5.32 Å². The van der Waals surface area contributed by atoms with Crippen LogP contribution in [0, 0.1) is 11.6 Å². The number of rotatable bonds is 4. The van der Waals surface area contributed by atoms with Gasteiger partial charge in [-0.2, -0.15) is 0 Å². The van der Waals surface area contributed by atoms with Gasteiger partial charge >= 0.3 is 5.97 Å². The van der Waals surface area contributed by atoms with Crippen LogP contribution in [0.1, 0.15) is 15.9 Å². The molecular formula is C14H10BrF2NO2. The molecule has 0 saturated heterocycles. The molecule has 0 radical (unpaired) electrons. The summed E-state index contributed by atoms with van der Waals surface area (Å²) >= 11 is 3.05. The number of aromatic carboxylic acids is 1. The first-order valence-electron chi connectivity index (χ1n) is 5.68. The molecule has 2 rings (SSSR count). The highest BCUT2D eigenvalue weighted by molar-refractivity contribution is 9.10. The molecule has 0 spiro atoms. The van der Waals surface area contributed by atoms with E-state index in [0.29, 0.717) is 10.2 Å². The minimum absolute atomic E-state index is 0.0171. The van der Waals surface area contributed by atoms with E-state index in [9.17, 15) is 13.6 Å². The van der Waals surface area contributed by atoms with Crippen LogP contribution in [0.3, 0.4) is 0 Å². The smallest absolute Gasteiger partial charge is 0.335 e. The molecule has 0 unspecified atom stereocenters. The summed E-state index contributed by atoms with van der Waals surface area (Å²) < 4.78 is 26.9. The molecule has 0 aromatic heterocycles. The van der Waals surface area contributed by atoms with Crippen molar-refractivity contribution >= 4 is 27.6 Å². The summed E-state index contributed by atoms with van der Waals surface area (Å²) in [6.45, 7) is 0.102. The Bertz CT molecular complexity index is 662. The van der Waals surface area contributed by atoms with E-state index >= 15 is 0 Å². The molecule has 0 saturated carbocycles. The molecule has 0 amide bonds. The number of hydrogen-bond acceptors (Lipinski definition) is 2. The number of carboxylic acid groups (broad SMARTS) is 1. The molecule has 2 N–H and O–H groups in total. The summed E-state index contributed by atoms with van der Waals surface area (Å²) in [6.07, 6.45) is 0. The summed E-state index contributed by atoms with van der Waals surface area (Å²) in [7, 11) is 0. The number of halogens is 3. The van der Waals surface area contributed by atoms with Crippen LogP contribution < -0.4 is 5.32 Å². The Morgan fingerprint density at radius 2 is 1.85 bits per heavy atom. The van der Waals surface area contributed by atoms with Gasteiger partial charge in [0.1, 0.15) is 11.6 Å². The van der Waals surface area contributed by atoms with Gasteiger partial charge in [-0.1, -0.05) is 0 Å². The zero-order chi connectivity index (χ0) is 14.7. The quantitative estimate of drug-likeness (QED) is 0.882. The largest absolute Gasteiger partial charge is 0.478 e. The third kappa shape index (κ3) is 3.33. The normalized spacial score (nSPS) is 10.3. The lowest BCUT2D eigenvalue weighted by Crippen LogP contribution is -2.05. The predicted octanol–water partition coefficient (Wildman–Crippen LogP) is 4.04. The zero-order valence-electron chi connectivity index (χ0n) is 10.2. The highest BCUT2D eigenvalue weighted by Gasteiger charge is 2.08. The highest BCUT2D eigenvalue weighted by atomic mass is 79.9. The first-order valence-corrected chi connectivity index (χ1v) is 6.47. The average Bonchev–Trinajstić information content (AvgIpc) is 2.41. The lowest BCUT2D eigenvalue weighted by molar-refractivity contribution is 0.0696. The van der Waals surface area contributed by atoms with Gasteiger partial charge in [0.05, 0.1) is 10.0 Å². The van der Waals surface area contributed by atoms with E-state index < -0.39 is 17.6 Å². The number of benzene rings is 2. The van der Waals surface area contributed by atoms with Crippen molar-refractivity contribution in [3.63, 3.8) is 0 Å². The van der Waals surface area contributed by atoms with Gasteiger partial charge in [-0.3, -0.25) is 0 Å². The number of carboxylic acids is 1. The van der Waals surface area contributed by atoms with Crippen LogP contribution in [0.25, 0.3) is 0 Å². The molecule has 2 aromatic rings. The predicted molar refractivity (Wildman–Crippen MR) is 74.8 cm³/mol. The van der Waals surface area contributed by atoms with Gasteiger partial charge in [-0.25, -0.2) is 13.6 Å². The van der Waals surface area contributed by atoms with E-state index in [1.54, 1.807) is 0 Å². The molecule has 3 nitrogen and oxygen atoms in total. The Labute approximate surface area is 122 Å². The fraction of sp³-hybridized carbons (Fsp3) is 0.0714. The van der Waals surface area contributed by atoms with Crippen molar-refractivity contribution in [2.45, 2.75) is 6.54 Å². The summed E-state index contributed by atoms with van der Waals surface area (Å²) in [5.41, 5.74) is 0.840. The molecule has 2 aromatic carbocycles. The lowest BCUT2D eigenvalue weighted by atomic mass is 10.1. The van der Waals surface area contributed by atoms with Crippen LogP contribution in [-0.4, -0.2) is 11.1 Å². The maximum absolute atomic E-state index is 13.6. The van der Waals surface area contributed by atoms with Crippen LogP contribution in [0.2, 0.25) is 0 Å². The SMILES string of the molecule is O=C(O)c1ccc(F)c(CNc2ccc(F)c(Br)c2)c1. The fourth-order valence-corrected chi connectivity index (χ4v) is 2.03. The summed E-state index contributed by atoms with van der Waals surface area (Å²) in [5.74, 6) is -2.01. The molecule has 0 aliphatic rings. The lowest BCUT2D eigenvalue weighted by Gasteiger charge is -2.09. The molecule has 20 heavy (non-hydrogen) atoms. The van der Waals surface area contributed by atoms with Crippen molar-refractivity contribution in [3.8, 4) is 0 Å². The number of hydrogen-bond donors (Lipinski definition) is 2. The molecule has 0 fully saturated rings. The molecule has 104 valence electrons. The van der Waals surface area contributed by atoms with Gasteiger partial charge < -0.3 is 10.4 Å². The average molecular weight is 342 g/mol. The third-order valence-electron chi connectivity index (χ3n) is 2.70. The standard InChI is InChI=1S/C14H10BrF2NO2/c15-11-6-10(2-4-13(11)17)18-7-9-5-8(14(19)20)1-3-12(9)16/h1-6,18H,7H2,(H,19,20). The van der Waals surface area contributed by atoms with Crippen molar-refractivity contribution in [1.82, 2.24) is 0 Å².